The molecule has 0 saturated carbocycles. The molecule has 0 bridgehead atoms. The third-order valence-electron chi connectivity index (χ3n) is 6.98. The number of hydrogen-bond acceptors (Lipinski definition) is 2. The summed E-state index contributed by atoms with van der Waals surface area (Å²) in [7, 11) is 20.5. The van der Waals surface area contributed by atoms with E-state index in [1.165, 1.54) is 0 Å². The van der Waals surface area contributed by atoms with Crippen molar-refractivity contribution >= 4 is 94.0 Å². The summed E-state index contributed by atoms with van der Waals surface area (Å²) in [6, 6.07) is 34.4. The van der Waals surface area contributed by atoms with Crippen molar-refractivity contribution in [3.63, 3.8) is 0 Å². The van der Waals surface area contributed by atoms with Crippen LogP contribution in [0.2, 0.25) is 0 Å². The first-order valence-electron chi connectivity index (χ1n) is 13.9. The Bertz CT molecular complexity index is 1320. The Balaban J connectivity index is 1.36. The first kappa shape index (κ1) is 29.9. The minimum absolute atomic E-state index is 0.0158. The standard InChI is InChI=1S/C28H22B10N2O2/c41-27(39-23-7-3-1-4-8-23)21-15-11-19(12-16-21)25-26(30-32-34-36-38-37-35-33-31-29-25)20-13-17-22(18-14-20)28(42)40-24-9-5-2-6-10-24/h1-18,25-26H,(H,39,41)(H,40,42). The highest BCUT2D eigenvalue weighted by atomic mass is 16.2. The number of benzene rings is 4. The molecule has 2 atom stereocenters. The van der Waals surface area contributed by atoms with E-state index in [9.17, 15) is 9.59 Å². The quantitative estimate of drug-likeness (QED) is 0.379. The molecule has 4 aromatic carbocycles. The topological polar surface area (TPSA) is 58.2 Å². The first-order valence-corrected chi connectivity index (χ1v) is 13.9. The predicted molar refractivity (Wildman–Crippen MR) is 185 cm³/mol. The molecular formula is C28H22B10N2O2. The van der Waals surface area contributed by atoms with Gasteiger partial charge in [0.2, 0.25) is 0 Å². The van der Waals surface area contributed by atoms with E-state index in [0.717, 1.165) is 22.5 Å². The summed E-state index contributed by atoms with van der Waals surface area (Å²) in [6.07, 6.45) is 0. The lowest BCUT2D eigenvalue weighted by Crippen LogP contribution is -2.38. The third-order valence-corrected chi connectivity index (χ3v) is 6.98. The van der Waals surface area contributed by atoms with Crippen LogP contribution in [0.5, 0.6) is 0 Å². The molecule has 1 saturated heterocycles. The van der Waals surface area contributed by atoms with Crippen LogP contribution >= 0.6 is 0 Å². The van der Waals surface area contributed by atoms with Crippen LogP contribution in [-0.2, 0) is 0 Å². The van der Waals surface area contributed by atoms with Crippen molar-refractivity contribution in [2.45, 2.75) is 11.6 Å². The maximum Gasteiger partial charge on any atom is 0.255 e. The number of amides is 2. The number of rotatable bonds is 6. The Kier molecular flexibility index (Phi) is 11.1. The second-order valence-electron chi connectivity index (χ2n) is 9.86. The van der Waals surface area contributed by atoms with Gasteiger partial charge >= 0.3 is 0 Å². The van der Waals surface area contributed by atoms with Crippen LogP contribution in [-0.4, -0.2) is 82.6 Å². The average Bonchev–Trinajstić information content (AvgIpc) is 3.02. The maximum atomic E-state index is 12.9. The monoisotopic (exact) mass is 528 g/mol. The zero-order chi connectivity index (χ0) is 29.0. The van der Waals surface area contributed by atoms with Crippen LogP contribution in [0.3, 0.4) is 0 Å². The zero-order valence-electron chi connectivity index (χ0n) is 23.1. The van der Waals surface area contributed by atoms with Gasteiger partial charge < -0.3 is 10.6 Å². The van der Waals surface area contributed by atoms with Crippen molar-refractivity contribution in [1.82, 2.24) is 0 Å². The summed E-state index contributed by atoms with van der Waals surface area (Å²) in [4.78, 5) is 25.7. The largest absolute Gasteiger partial charge is 0.322 e. The van der Waals surface area contributed by atoms with Gasteiger partial charge in [0.05, 0.1) is 14.3 Å². The van der Waals surface area contributed by atoms with Crippen molar-refractivity contribution in [3.8, 4) is 0 Å². The fraction of sp³-hybridized carbons (Fsp3) is 0.0714. The summed E-state index contributed by atoms with van der Waals surface area (Å²) < 4.78 is 0. The van der Waals surface area contributed by atoms with E-state index in [1.807, 2.05) is 152 Å². The van der Waals surface area contributed by atoms with Gasteiger partial charge in [-0.2, -0.15) is 0 Å². The lowest BCUT2D eigenvalue weighted by Gasteiger charge is -2.29. The molecule has 0 spiro atoms. The number of hydrogen-bond donors (Lipinski definition) is 2. The van der Waals surface area contributed by atoms with Crippen molar-refractivity contribution < 1.29 is 9.59 Å². The third kappa shape index (κ3) is 8.50. The minimum atomic E-state index is -0.150. The molecule has 4 nitrogen and oxygen atoms in total. The van der Waals surface area contributed by atoms with E-state index >= 15 is 0 Å². The normalized spacial score (nSPS) is 16.3. The van der Waals surface area contributed by atoms with E-state index in [4.69, 9.17) is 0 Å². The van der Waals surface area contributed by atoms with Gasteiger partial charge in [0.15, 0.2) is 0 Å². The maximum absolute atomic E-state index is 12.9. The van der Waals surface area contributed by atoms with Gasteiger partial charge in [0.25, 0.3) is 11.8 Å². The van der Waals surface area contributed by atoms with Gasteiger partial charge in [0, 0.05) is 79.0 Å². The van der Waals surface area contributed by atoms with Crippen LogP contribution in [0.4, 0.5) is 11.4 Å². The number of anilines is 2. The van der Waals surface area contributed by atoms with E-state index in [-0.39, 0.29) is 23.4 Å². The molecule has 2 unspecified atom stereocenters. The number of para-hydroxylation sites is 2. The molecule has 2 N–H and O–H groups in total. The molecule has 2 amide bonds. The number of nitrogens with one attached hydrogen (secondary N) is 2. The molecule has 186 valence electrons. The second kappa shape index (κ2) is 15.6. The van der Waals surface area contributed by atoms with Crippen LogP contribution in [0.15, 0.2) is 109 Å². The van der Waals surface area contributed by atoms with Crippen LogP contribution in [0, 0.1) is 0 Å². The zero-order valence-corrected chi connectivity index (χ0v) is 23.1. The van der Waals surface area contributed by atoms with E-state index in [1.54, 1.807) is 0 Å². The van der Waals surface area contributed by atoms with Crippen molar-refractivity contribution in [1.29, 1.82) is 0 Å². The van der Waals surface area contributed by atoms with E-state index in [2.05, 4.69) is 39.1 Å². The summed E-state index contributed by atoms with van der Waals surface area (Å²) in [6.45, 7) is 0. The number of carbonyl (C=O) groups excluding carboxylic acids is 2. The molecule has 42 heavy (non-hydrogen) atoms. The predicted octanol–water partition coefficient (Wildman–Crippen LogP) is 2.26. The van der Waals surface area contributed by atoms with Crippen molar-refractivity contribution in [2.75, 3.05) is 10.6 Å². The molecule has 14 heteroatoms. The summed E-state index contributed by atoms with van der Waals surface area (Å²) >= 11 is 0. The molecule has 1 heterocycles. The van der Waals surface area contributed by atoms with Crippen LogP contribution in [0.25, 0.3) is 0 Å². The summed E-state index contributed by atoms with van der Waals surface area (Å²) in [5.41, 5.74) is 4.85. The number of carbonyl (C=O) groups is 2. The second-order valence-corrected chi connectivity index (χ2v) is 9.86. The van der Waals surface area contributed by atoms with Crippen LogP contribution < -0.4 is 10.6 Å². The lowest BCUT2D eigenvalue weighted by molar-refractivity contribution is 0.101. The van der Waals surface area contributed by atoms with Gasteiger partial charge in [0.1, 0.15) is 0 Å². The van der Waals surface area contributed by atoms with Crippen LogP contribution in [0.1, 0.15) is 43.5 Å². The molecular weight excluding hydrogens is 504 g/mol. The Labute approximate surface area is 256 Å². The lowest BCUT2D eigenvalue weighted by atomic mass is 8.87. The fourth-order valence-corrected chi connectivity index (χ4v) is 4.79. The van der Waals surface area contributed by atoms with Gasteiger partial charge in [-0.15, -0.1) is 0 Å². The molecule has 1 aliphatic rings. The van der Waals surface area contributed by atoms with Gasteiger partial charge in [-0.25, -0.2) is 0 Å². The fourth-order valence-electron chi connectivity index (χ4n) is 4.79. The molecule has 1 fully saturated rings. The summed E-state index contributed by atoms with van der Waals surface area (Å²) in [5, 5.41) is 5.90. The molecule has 10 radical (unpaired) electrons. The Morgan fingerprint density at radius 1 is 0.429 bits per heavy atom. The van der Waals surface area contributed by atoms with Gasteiger partial charge in [-0.05, 0) is 48.5 Å². The van der Waals surface area contributed by atoms with E-state index in [0.29, 0.717) is 11.1 Å². The highest BCUT2D eigenvalue weighted by Crippen LogP contribution is 2.32. The average molecular weight is 527 g/mol. The van der Waals surface area contributed by atoms with Crippen molar-refractivity contribution in [2.24, 2.45) is 0 Å². The first-order chi connectivity index (χ1) is 20.7. The molecule has 0 aromatic heterocycles. The van der Waals surface area contributed by atoms with Gasteiger partial charge in [-0.3, -0.25) is 9.59 Å². The Morgan fingerprint density at radius 3 is 1.12 bits per heavy atom. The minimum Gasteiger partial charge on any atom is -0.322 e. The molecule has 4 aromatic rings. The molecule has 5 rings (SSSR count). The SMILES string of the molecule is O=C(Nc1ccccc1)c1ccc(C2[B][B][B][B][B][B][B][B][B][B]C2c2ccc(C(=O)Nc3ccccc3)cc2)cc1. The highest BCUT2D eigenvalue weighted by Gasteiger charge is 2.26. The van der Waals surface area contributed by atoms with E-state index < -0.39 is 0 Å². The van der Waals surface area contributed by atoms with Gasteiger partial charge in [-0.1, -0.05) is 83.4 Å². The highest BCUT2D eigenvalue weighted by molar-refractivity contribution is 7.69. The smallest absolute Gasteiger partial charge is 0.255 e. The Hall–Kier alpha value is -3.53. The molecule has 0 aliphatic carbocycles. The van der Waals surface area contributed by atoms with Crippen molar-refractivity contribution in [3.05, 3.63) is 131 Å². The Morgan fingerprint density at radius 2 is 0.762 bits per heavy atom. The summed E-state index contributed by atoms with van der Waals surface area (Å²) in [5.74, 6) is -0.332. The molecule has 1 aliphatic heterocycles.